The number of non-ortho nitro benzene ring substituents is 1. The molecule has 0 bridgehead atoms. The first-order valence-electron chi connectivity index (χ1n) is 8.83. The smallest absolute Gasteiger partial charge is 0.269 e. The Morgan fingerprint density at radius 3 is 2.62 bits per heavy atom. The second-order valence-electron chi connectivity index (χ2n) is 6.65. The van der Waals surface area contributed by atoms with Crippen LogP contribution in [-0.4, -0.2) is 32.4 Å². The van der Waals surface area contributed by atoms with Gasteiger partial charge in [-0.1, -0.05) is 43.2 Å². The average Bonchev–Trinajstić information content (AvgIpc) is 3.00. The molecule has 2 aliphatic rings. The van der Waals surface area contributed by atoms with Crippen LogP contribution in [-0.2, 0) is 11.3 Å². The molecule has 1 aliphatic heterocycles. The van der Waals surface area contributed by atoms with E-state index in [1.54, 1.807) is 17.0 Å². The van der Waals surface area contributed by atoms with E-state index >= 15 is 0 Å². The number of amides is 1. The standard InChI is InChI=1S/C18H22N4O3S/c1-13(15-5-3-2-4-6-15)19-20-18-21(17(23)12-26-18)11-14-7-9-16(10-8-14)22(24)25/h7-10,15H,2-6,11-12H2,1H3/b19-13+,20-18-. The van der Waals surface area contributed by atoms with Gasteiger partial charge >= 0.3 is 0 Å². The maximum absolute atomic E-state index is 12.2. The lowest BCUT2D eigenvalue weighted by Crippen LogP contribution is -2.29. The van der Waals surface area contributed by atoms with Gasteiger partial charge in [0.1, 0.15) is 0 Å². The summed E-state index contributed by atoms with van der Waals surface area (Å²) in [6.07, 6.45) is 6.12. The number of nitro groups is 1. The Labute approximate surface area is 156 Å². The topological polar surface area (TPSA) is 88.2 Å². The van der Waals surface area contributed by atoms with Gasteiger partial charge in [-0.05, 0) is 31.2 Å². The van der Waals surface area contributed by atoms with Crippen LogP contribution in [0, 0.1) is 16.0 Å². The number of hydrogen-bond donors (Lipinski definition) is 0. The number of rotatable bonds is 5. The molecule has 26 heavy (non-hydrogen) atoms. The third-order valence-electron chi connectivity index (χ3n) is 4.83. The number of nitro benzene ring substituents is 1. The lowest BCUT2D eigenvalue weighted by Gasteiger charge is -2.20. The van der Waals surface area contributed by atoms with E-state index in [4.69, 9.17) is 0 Å². The fraction of sp³-hybridized carbons (Fsp3) is 0.500. The molecule has 1 saturated heterocycles. The molecule has 7 nitrogen and oxygen atoms in total. The molecule has 1 heterocycles. The van der Waals surface area contributed by atoms with E-state index < -0.39 is 4.92 Å². The van der Waals surface area contributed by atoms with Crippen molar-refractivity contribution >= 4 is 34.2 Å². The van der Waals surface area contributed by atoms with Crippen LogP contribution in [0.3, 0.4) is 0 Å². The number of carbonyl (C=O) groups excluding carboxylic acids is 1. The molecule has 0 unspecified atom stereocenters. The van der Waals surface area contributed by atoms with Crippen LogP contribution in [0.15, 0.2) is 34.5 Å². The Kier molecular flexibility index (Phi) is 6.03. The lowest BCUT2D eigenvalue weighted by molar-refractivity contribution is -0.384. The van der Waals surface area contributed by atoms with E-state index in [2.05, 4.69) is 10.2 Å². The fourth-order valence-electron chi connectivity index (χ4n) is 3.26. The molecule has 0 aromatic heterocycles. The predicted molar refractivity (Wildman–Crippen MR) is 103 cm³/mol. The van der Waals surface area contributed by atoms with Crippen molar-refractivity contribution in [2.75, 3.05) is 5.75 Å². The number of hydrogen-bond acceptors (Lipinski definition) is 6. The highest BCUT2D eigenvalue weighted by Gasteiger charge is 2.28. The molecule has 3 rings (SSSR count). The molecule has 1 saturated carbocycles. The van der Waals surface area contributed by atoms with Crippen molar-refractivity contribution in [1.82, 2.24) is 4.90 Å². The summed E-state index contributed by atoms with van der Waals surface area (Å²) in [6, 6.07) is 6.24. The van der Waals surface area contributed by atoms with Gasteiger partial charge in [-0.15, -0.1) is 5.10 Å². The van der Waals surface area contributed by atoms with Gasteiger partial charge in [0.05, 0.1) is 17.2 Å². The first-order chi connectivity index (χ1) is 12.5. The van der Waals surface area contributed by atoms with E-state index in [0.29, 0.717) is 23.4 Å². The molecule has 2 fully saturated rings. The molecule has 0 radical (unpaired) electrons. The van der Waals surface area contributed by atoms with Crippen molar-refractivity contribution in [2.24, 2.45) is 16.1 Å². The van der Waals surface area contributed by atoms with Crippen LogP contribution in [0.5, 0.6) is 0 Å². The molecule has 8 heteroatoms. The predicted octanol–water partition coefficient (Wildman–Crippen LogP) is 3.98. The van der Waals surface area contributed by atoms with Crippen molar-refractivity contribution in [3.8, 4) is 0 Å². The Morgan fingerprint density at radius 2 is 1.96 bits per heavy atom. The molecule has 138 valence electrons. The molecule has 0 atom stereocenters. The molecule has 0 spiro atoms. The van der Waals surface area contributed by atoms with E-state index in [1.807, 2.05) is 6.92 Å². The molecular formula is C18H22N4O3S. The highest BCUT2D eigenvalue weighted by molar-refractivity contribution is 8.15. The Hall–Kier alpha value is -2.22. The van der Waals surface area contributed by atoms with E-state index in [9.17, 15) is 14.9 Å². The number of nitrogens with zero attached hydrogens (tertiary/aromatic N) is 4. The molecule has 1 aromatic rings. The first kappa shape index (κ1) is 18.6. The summed E-state index contributed by atoms with van der Waals surface area (Å²) < 4.78 is 0. The van der Waals surface area contributed by atoms with Crippen LogP contribution >= 0.6 is 11.8 Å². The highest BCUT2D eigenvalue weighted by Crippen LogP contribution is 2.26. The lowest BCUT2D eigenvalue weighted by atomic mass is 9.86. The van der Waals surface area contributed by atoms with Gasteiger partial charge < -0.3 is 0 Å². The number of amidine groups is 1. The van der Waals surface area contributed by atoms with Crippen LogP contribution in [0.4, 0.5) is 5.69 Å². The molecule has 1 amide bonds. The Bertz CT molecular complexity index is 739. The average molecular weight is 374 g/mol. The van der Waals surface area contributed by atoms with Gasteiger partial charge in [0.15, 0.2) is 5.17 Å². The molecule has 0 N–H and O–H groups in total. The number of benzene rings is 1. The van der Waals surface area contributed by atoms with Gasteiger partial charge in [0.25, 0.3) is 5.69 Å². The third kappa shape index (κ3) is 4.49. The second kappa shape index (κ2) is 8.44. The number of thioether (sulfide) groups is 1. The zero-order valence-electron chi connectivity index (χ0n) is 14.8. The van der Waals surface area contributed by atoms with Crippen LogP contribution in [0.1, 0.15) is 44.6 Å². The maximum Gasteiger partial charge on any atom is 0.269 e. The third-order valence-corrected chi connectivity index (χ3v) is 5.79. The van der Waals surface area contributed by atoms with Gasteiger partial charge in [-0.3, -0.25) is 19.8 Å². The van der Waals surface area contributed by atoms with E-state index in [-0.39, 0.29) is 11.6 Å². The summed E-state index contributed by atoms with van der Waals surface area (Å²) in [4.78, 5) is 24.1. The van der Waals surface area contributed by atoms with E-state index in [0.717, 1.165) is 11.3 Å². The summed E-state index contributed by atoms with van der Waals surface area (Å²) in [6.45, 7) is 2.36. The minimum absolute atomic E-state index is 0.0161. The first-order valence-corrected chi connectivity index (χ1v) is 9.82. The van der Waals surface area contributed by atoms with Crippen LogP contribution in [0.2, 0.25) is 0 Å². The monoisotopic (exact) mass is 374 g/mol. The van der Waals surface area contributed by atoms with Crippen LogP contribution < -0.4 is 0 Å². The minimum atomic E-state index is -0.434. The normalized spacial score (nSPS) is 20.8. The van der Waals surface area contributed by atoms with E-state index in [1.165, 1.54) is 56.0 Å². The SMILES string of the molecule is C/C(=N\N=C1/SCC(=O)N1Cc1ccc([N+](=O)[O-])cc1)C1CCCCC1. The summed E-state index contributed by atoms with van der Waals surface area (Å²) in [7, 11) is 0. The van der Waals surface area contributed by atoms with Gasteiger partial charge in [0, 0.05) is 17.8 Å². The minimum Gasteiger partial charge on any atom is -0.285 e. The van der Waals surface area contributed by atoms with Crippen molar-refractivity contribution in [1.29, 1.82) is 0 Å². The summed E-state index contributed by atoms with van der Waals surface area (Å²) in [5, 5.41) is 20.1. The van der Waals surface area contributed by atoms with Crippen molar-refractivity contribution in [3.05, 3.63) is 39.9 Å². The van der Waals surface area contributed by atoms with Crippen molar-refractivity contribution in [3.63, 3.8) is 0 Å². The Morgan fingerprint density at radius 1 is 1.27 bits per heavy atom. The fourth-order valence-corrected chi connectivity index (χ4v) is 4.09. The van der Waals surface area contributed by atoms with Gasteiger partial charge in [-0.25, -0.2) is 0 Å². The summed E-state index contributed by atoms with van der Waals surface area (Å²) >= 11 is 1.39. The van der Waals surface area contributed by atoms with Gasteiger partial charge in [0.2, 0.25) is 5.91 Å². The summed E-state index contributed by atoms with van der Waals surface area (Å²) in [5.74, 6) is 0.833. The summed E-state index contributed by atoms with van der Waals surface area (Å²) in [5.41, 5.74) is 1.90. The molecular weight excluding hydrogens is 352 g/mol. The zero-order chi connectivity index (χ0) is 18.5. The quantitative estimate of drug-likeness (QED) is 0.443. The zero-order valence-corrected chi connectivity index (χ0v) is 15.6. The molecule has 1 aromatic carbocycles. The largest absolute Gasteiger partial charge is 0.285 e. The van der Waals surface area contributed by atoms with Gasteiger partial charge in [-0.2, -0.15) is 5.10 Å². The highest BCUT2D eigenvalue weighted by atomic mass is 32.2. The van der Waals surface area contributed by atoms with Crippen molar-refractivity contribution in [2.45, 2.75) is 45.6 Å². The van der Waals surface area contributed by atoms with Crippen LogP contribution in [0.25, 0.3) is 0 Å². The second-order valence-corrected chi connectivity index (χ2v) is 7.59. The maximum atomic E-state index is 12.2. The Balaban J connectivity index is 1.70. The molecule has 1 aliphatic carbocycles. The number of carbonyl (C=O) groups is 1. The van der Waals surface area contributed by atoms with Crippen molar-refractivity contribution < 1.29 is 9.72 Å².